The number of benzene rings is 1. The van der Waals surface area contributed by atoms with Crippen molar-refractivity contribution in [3.05, 3.63) is 36.1 Å². The zero-order chi connectivity index (χ0) is 11.0. The maximum atomic E-state index is 10.2. The smallest absolute Gasteiger partial charge is 0.134 e. The molecule has 1 aliphatic carbocycles. The number of fused-ring (bicyclic) bond motifs is 1. The van der Waals surface area contributed by atoms with Crippen LogP contribution in [0.4, 0.5) is 0 Å². The molecule has 1 aliphatic rings. The van der Waals surface area contributed by atoms with Crippen molar-refractivity contribution in [2.24, 2.45) is 5.92 Å². The largest absolute Gasteiger partial charge is 0.458 e. The van der Waals surface area contributed by atoms with E-state index in [-0.39, 0.29) is 0 Å². The molecule has 0 amide bonds. The van der Waals surface area contributed by atoms with Crippen LogP contribution in [-0.2, 0) is 0 Å². The summed E-state index contributed by atoms with van der Waals surface area (Å²) in [4.78, 5) is 0. The first-order valence-electron chi connectivity index (χ1n) is 6.01. The second-order valence-electron chi connectivity index (χ2n) is 4.68. The van der Waals surface area contributed by atoms with E-state index in [4.69, 9.17) is 4.42 Å². The van der Waals surface area contributed by atoms with Crippen LogP contribution in [0.1, 0.15) is 37.5 Å². The predicted octanol–water partition coefficient (Wildman–Crippen LogP) is 3.66. The van der Waals surface area contributed by atoms with Gasteiger partial charge in [0.15, 0.2) is 0 Å². The van der Waals surface area contributed by atoms with E-state index in [1.807, 2.05) is 30.3 Å². The predicted molar refractivity (Wildman–Crippen MR) is 63.1 cm³/mol. The maximum absolute atomic E-state index is 10.2. The molecule has 2 heteroatoms. The third kappa shape index (κ3) is 1.63. The summed E-state index contributed by atoms with van der Waals surface area (Å²) >= 11 is 0. The van der Waals surface area contributed by atoms with Crippen LogP contribution < -0.4 is 0 Å². The van der Waals surface area contributed by atoms with Crippen LogP contribution in [0.3, 0.4) is 0 Å². The Morgan fingerprint density at radius 2 is 1.94 bits per heavy atom. The minimum absolute atomic E-state index is 0.389. The summed E-state index contributed by atoms with van der Waals surface area (Å²) in [7, 11) is 0. The fourth-order valence-electron chi connectivity index (χ4n) is 2.65. The van der Waals surface area contributed by atoms with Gasteiger partial charge in [-0.05, 0) is 30.9 Å². The van der Waals surface area contributed by atoms with Gasteiger partial charge >= 0.3 is 0 Å². The number of furan rings is 1. The molecule has 1 saturated carbocycles. The van der Waals surface area contributed by atoms with E-state index in [1.54, 1.807) is 0 Å². The second kappa shape index (κ2) is 3.95. The van der Waals surface area contributed by atoms with Crippen molar-refractivity contribution in [3.63, 3.8) is 0 Å². The first-order chi connectivity index (χ1) is 7.84. The van der Waals surface area contributed by atoms with Gasteiger partial charge < -0.3 is 9.52 Å². The number of aliphatic hydroxyl groups is 1. The van der Waals surface area contributed by atoms with E-state index in [0.717, 1.165) is 29.6 Å². The third-order valence-electron chi connectivity index (χ3n) is 3.58. The van der Waals surface area contributed by atoms with Gasteiger partial charge in [-0.3, -0.25) is 0 Å². The molecule has 1 fully saturated rings. The highest BCUT2D eigenvalue weighted by atomic mass is 16.4. The van der Waals surface area contributed by atoms with Gasteiger partial charge in [0, 0.05) is 5.39 Å². The summed E-state index contributed by atoms with van der Waals surface area (Å²) in [6.07, 6.45) is 4.30. The molecule has 0 radical (unpaired) electrons. The summed E-state index contributed by atoms with van der Waals surface area (Å²) in [6.45, 7) is 0. The topological polar surface area (TPSA) is 33.4 Å². The van der Waals surface area contributed by atoms with Gasteiger partial charge in [0.1, 0.15) is 17.4 Å². The molecule has 1 N–H and O–H groups in total. The molecule has 2 nitrogen and oxygen atoms in total. The molecule has 0 bridgehead atoms. The minimum Gasteiger partial charge on any atom is -0.458 e. The summed E-state index contributed by atoms with van der Waals surface area (Å²) in [5.41, 5.74) is 0.870. The van der Waals surface area contributed by atoms with Crippen LogP contribution in [0.15, 0.2) is 34.7 Å². The summed E-state index contributed by atoms with van der Waals surface area (Å²) in [5, 5.41) is 11.3. The summed E-state index contributed by atoms with van der Waals surface area (Å²) < 4.78 is 5.69. The molecule has 0 spiro atoms. The van der Waals surface area contributed by atoms with Crippen molar-refractivity contribution < 1.29 is 9.52 Å². The van der Waals surface area contributed by atoms with E-state index in [0.29, 0.717) is 5.92 Å². The van der Waals surface area contributed by atoms with E-state index in [1.165, 1.54) is 12.8 Å². The fraction of sp³-hybridized carbons (Fsp3) is 0.429. The zero-order valence-electron chi connectivity index (χ0n) is 9.23. The fourth-order valence-corrected chi connectivity index (χ4v) is 2.65. The van der Waals surface area contributed by atoms with Crippen molar-refractivity contribution in [1.29, 1.82) is 0 Å². The number of para-hydroxylation sites is 1. The molecule has 16 heavy (non-hydrogen) atoms. The Morgan fingerprint density at radius 1 is 1.19 bits per heavy atom. The van der Waals surface area contributed by atoms with Crippen LogP contribution in [0.25, 0.3) is 11.0 Å². The van der Waals surface area contributed by atoms with E-state index >= 15 is 0 Å². The lowest BCUT2D eigenvalue weighted by Crippen LogP contribution is -2.07. The molecule has 1 unspecified atom stereocenters. The monoisotopic (exact) mass is 216 g/mol. The SMILES string of the molecule is OC(c1cc2ccccc2o1)C1CCCC1. The first-order valence-corrected chi connectivity index (χ1v) is 6.01. The molecular weight excluding hydrogens is 200 g/mol. The molecular formula is C14H16O2. The highest BCUT2D eigenvalue weighted by molar-refractivity contribution is 5.77. The van der Waals surface area contributed by atoms with E-state index in [9.17, 15) is 5.11 Å². The van der Waals surface area contributed by atoms with Gasteiger partial charge in [-0.25, -0.2) is 0 Å². The molecule has 1 aromatic carbocycles. The number of rotatable bonds is 2. The van der Waals surface area contributed by atoms with Crippen LogP contribution in [0.5, 0.6) is 0 Å². The molecule has 84 valence electrons. The molecule has 1 heterocycles. The lowest BCUT2D eigenvalue weighted by atomic mass is 9.99. The van der Waals surface area contributed by atoms with Gasteiger partial charge in [-0.15, -0.1) is 0 Å². The third-order valence-corrected chi connectivity index (χ3v) is 3.58. The van der Waals surface area contributed by atoms with Gasteiger partial charge in [0.25, 0.3) is 0 Å². The first kappa shape index (κ1) is 9.91. The van der Waals surface area contributed by atoms with E-state index in [2.05, 4.69) is 0 Å². The number of aliphatic hydroxyl groups excluding tert-OH is 1. The van der Waals surface area contributed by atoms with Crippen molar-refractivity contribution in [2.75, 3.05) is 0 Å². The van der Waals surface area contributed by atoms with Crippen molar-refractivity contribution in [2.45, 2.75) is 31.8 Å². The Labute approximate surface area is 94.9 Å². The average Bonchev–Trinajstić information content (AvgIpc) is 2.97. The standard InChI is InChI=1S/C14H16O2/c15-14(10-5-1-2-6-10)13-9-11-7-3-4-8-12(11)16-13/h3-4,7-10,14-15H,1-2,5-6H2. The van der Waals surface area contributed by atoms with Gasteiger partial charge in [0.05, 0.1) is 0 Å². The summed E-state index contributed by atoms with van der Waals surface area (Å²) in [6, 6.07) is 9.88. The van der Waals surface area contributed by atoms with Crippen molar-refractivity contribution in [1.82, 2.24) is 0 Å². The van der Waals surface area contributed by atoms with E-state index < -0.39 is 6.10 Å². The lowest BCUT2D eigenvalue weighted by molar-refractivity contribution is 0.0905. The molecule has 2 aromatic rings. The van der Waals surface area contributed by atoms with Crippen molar-refractivity contribution >= 4 is 11.0 Å². The zero-order valence-corrected chi connectivity index (χ0v) is 9.23. The van der Waals surface area contributed by atoms with Gasteiger partial charge in [-0.2, -0.15) is 0 Å². The van der Waals surface area contributed by atoms with Gasteiger partial charge in [-0.1, -0.05) is 31.0 Å². The Balaban J connectivity index is 1.92. The van der Waals surface area contributed by atoms with Crippen LogP contribution in [0.2, 0.25) is 0 Å². The Morgan fingerprint density at radius 3 is 2.69 bits per heavy atom. The second-order valence-corrected chi connectivity index (χ2v) is 4.68. The van der Waals surface area contributed by atoms with Crippen LogP contribution in [-0.4, -0.2) is 5.11 Å². The maximum Gasteiger partial charge on any atom is 0.134 e. The molecule has 1 aromatic heterocycles. The minimum atomic E-state index is -0.421. The number of hydrogen-bond donors (Lipinski definition) is 1. The Hall–Kier alpha value is -1.28. The molecule has 0 aliphatic heterocycles. The van der Waals surface area contributed by atoms with Gasteiger partial charge in [0.2, 0.25) is 0 Å². The van der Waals surface area contributed by atoms with Crippen molar-refractivity contribution in [3.8, 4) is 0 Å². The summed E-state index contributed by atoms with van der Waals surface area (Å²) in [5.74, 6) is 1.12. The Kier molecular flexibility index (Phi) is 2.44. The van der Waals surface area contributed by atoms with Crippen LogP contribution in [0, 0.1) is 5.92 Å². The normalized spacial score (nSPS) is 19.3. The quantitative estimate of drug-likeness (QED) is 0.831. The average molecular weight is 216 g/mol. The molecule has 1 atom stereocenters. The highest BCUT2D eigenvalue weighted by Crippen LogP contribution is 2.37. The molecule has 3 rings (SSSR count). The highest BCUT2D eigenvalue weighted by Gasteiger charge is 2.26. The Bertz CT molecular complexity index is 447. The lowest BCUT2D eigenvalue weighted by Gasteiger charge is -2.14. The molecule has 0 saturated heterocycles. The van der Waals surface area contributed by atoms with Crippen LogP contribution >= 0.6 is 0 Å². The number of hydrogen-bond acceptors (Lipinski definition) is 2.